The lowest BCUT2D eigenvalue weighted by atomic mass is 10.0. The summed E-state index contributed by atoms with van der Waals surface area (Å²) in [4.78, 5) is 37.5. The quantitative estimate of drug-likeness (QED) is 0.482. The van der Waals surface area contributed by atoms with E-state index in [1.54, 1.807) is 24.3 Å². The first-order chi connectivity index (χ1) is 16.5. The smallest absolute Gasteiger partial charge is 0.416 e. The molecule has 2 N–H and O–H groups in total. The second-order valence-electron chi connectivity index (χ2n) is 8.37. The zero-order valence-electron chi connectivity index (χ0n) is 19.7. The van der Waals surface area contributed by atoms with Crippen LogP contribution in [0, 0.1) is 5.92 Å². The van der Waals surface area contributed by atoms with Gasteiger partial charge < -0.3 is 20.1 Å². The number of esters is 1. The number of nitrogens with one attached hydrogen (secondary N) is 2. The summed E-state index contributed by atoms with van der Waals surface area (Å²) in [5, 5.41) is 5.06. The van der Waals surface area contributed by atoms with E-state index < -0.39 is 41.8 Å². The van der Waals surface area contributed by atoms with Crippen LogP contribution in [0.3, 0.4) is 0 Å². The summed E-state index contributed by atoms with van der Waals surface area (Å²) in [6.45, 7) is 3.73. The number of hydrogen-bond donors (Lipinski definition) is 2. The molecule has 0 saturated heterocycles. The summed E-state index contributed by atoms with van der Waals surface area (Å²) >= 11 is 0. The molecular weight excluding hydrogens is 465 g/mol. The third kappa shape index (κ3) is 9.30. The van der Waals surface area contributed by atoms with Gasteiger partial charge in [-0.2, -0.15) is 13.2 Å². The normalized spacial score (nSPS) is 13.0. The second-order valence-corrected chi connectivity index (χ2v) is 8.37. The number of alkyl halides is 3. The SMILES string of the molecule is COC(=O)[C@@H](Cc1ccc(C(F)(F)F)cc1)NC(=O)[C@H](CC(C)C)NC(=O)OCc1ccccc1. The number of rotatable bonds is 10. The molecule has 7 nitrogen and oxygen atoms in total. The molecule has 0 heterocycles. The fraction of sp³-hybridized carbons (Fsp3) is 0.400. The molecule has 2 aromatic carbocycles. The third-order valence-electron chi connectivity index (χ3n) is 5.05. The van der Waals surface area contributed by atoms with Gasteiger partial charge in [-0.15, -0.1) is 0 Å². The van der Waals surface area contributed by atoms with Gasteiger partial charge in [0.25, 0.3) is 0 Å². The predicted molar refractivity (Wildman–Crippen MR) is 122 cm³/mol. The Hall–Kier alpha value is -3.56. The number of ether oxygens (including phenoxy) is 2. The lowest BCUT2D eigenvalue weighted by Crippen LogP contribution is -2.53. The average Bonchev–Trinajstić information content (AvgIpc) is 2.81. The van der Waals surface area contributed by atoms with Gasteiger partial charge >= 0.3 is 18.2 Å². The van der Waals surface area contributed by atoms with Crippen LogP contribution >= 0.6 is 0 Å². The summed E-state index contributed by atoms with van der Waals surface area (Å²) < 4.78 is 48.4. The van der Waals surface area contributed by atoms with Crippen LogP contribution in [0.25, 0.3) is 0 Å². The van der Waals surface area contributed by atoms with Crippen molar-refractivity contribution >= 4 is 18.0 Å². The first kappa shape index (κ1) is 27.7. The van der Waals surface area contributed by atoms with E-state index in [9.17, 15) is 27.6 Å². The van der Waals surface area contributed by atoms with Gasteiger partial charge in [-0.05, 0) is 35.6 Å². The largest absolute Gasteiger partial charge is 0.467 e. The van der Waals surface area contributed by atoms with Gasteiger partial charge in [0.2, 0.25) is 5.91 Å². The molecule has 2 aromatic rings. The molecule has 0 fully saturated rings. The maximum absolute atomic E-state index is 13.0. The maximum atomic E-state index is 13.0. The molecule has 190 valence electrons. The van der Waals surface area contributed by atoms with Crippen LogP contribution < -0.4 is 10.6 Å². The molecule has 0 aromatic heterocycles. The van der Waals surface area contributed by atoms with E-state index in [1.807, 2.05) is 19.9 Å². The van der Waals surface area contributed by atoms with Gasteiger partial charge in [-0.25, -0.2) is 9.59 Å². The standard InChI is InChI=1S/C25H29F3N2O5/c1-16(2)13-20(30-24(33)35-15-18-7-5-4-6-8-18)22(31)29-21(23(32)34-3)14-17-9-11-19(12-10-17)25(26,27)28/h4-12,16,20-21H,13-15H2,1-3H3,(H,29,31)(H,30,33)/t20-,21+/m0/s1. The molecule has 0 bridgehead atoms. The molecule has 0 radical (unpaired) electrons. The molecule has 2 rings (SSSR count). The first-order valence-corrected chi connectivity index (χ1v) is 11.0. The molecule has 10 heteroatoms. The zero-order valence-corrected chi connectivity index (χ0v) is 19.7. The van der Waals surface area contributed by atoms with E-state index in [4.69, 9.17) is 9.47 Å². The molecule has 2 amide bonds. The van der Waals surface area contributed by atoms with Crippen LogP contribution in [0.2, 0.25) is 0 Å². The summed E-state index contributed by atoms with van der Waals surface area (Å²) in [6, 6.07) is 11.1. The van der Waals surface area contributed by atoms with Crippen LogP contribution in [0.1, 0.15) is 37.0 Å². The molecule has 35 heavy (non-hydrogen) atoms. The summed E-state index contributed by atoms with van der Waals surface area (Å²) in [5.41, 5.74) is 0.342. The maximum Gasteiger partial charge on any atom is 0.416 e. The Balaban J connectivity index is 2.06. The fourth-order valence-corrected chi connectivity index (χ4v) is 3.28. The monoisotopic (exact) mass is 494 g/mol. The summed E-state index contributed by atoms with van der Waals surface area (Å²) in [6.07, 6.45) is -5.12. The Morgan fingerprint density at radius 1 is 0.886 bits per heavy atom. The van der Waals surface area contributed by atoms with Crippen LogP contribution in [0.15, 0.2) is 54.6 Å². The van der Waals surface area contributed by atoms with E-state index in [-0.39, 0.29) is 25.4 Å². The van der Waals surface area contributed by atoms with E-state index in [0.717, 1.165) is 24.8 Å². The van der Waals surface area contributed by atoms with Crippen molar-refractivity contribution in [1.82, 2.24) is 10.6 Å². The van der Waals surface area contributed by atoms with Crippen molar-refractivity contribution in [1.29, 1.82) is 0 Å². The molecule has 2 atom stereocenters. The number of carbonyl (C=O) groups excluding carboxylic acids is 3. The second kappa shape index (κ2) is 12.8. The van der Waals surface area contributed by atoms with Crippen molar-refractivity contribution in [3.05, 3.63) is 71.3 Å². The number of methoxy groups -OCH3 is 1. The Morgan fingerprint density at radius 3 is 2.06 bits per heavy atom. The number of amides is 2. The van der Waals surface area contributed by atoms with Crippen LogP contribution in [-0.2, 0) is 38.3 Å². The highest BCUT2D eigenvalue weighted by molar-refractivity contribution is 5.89. The Kier molecular flexibility index (Phi) is 10.1. The van der Waals surface area contributed by atoms with Gasteiger partial charge in [-0.3, -0.25) is 4.79 Å². The van der Waals surface area contributed by atoms with E-state index in [0.29, 0.717) is 5.56 Å². The highest BCUT2D eigenvalue weighted by Crippen LogP contribution is 2.29. The fourth-order valence-electron chi connectivity index (χ4n) is 3.28. The Morgan fingerprint density at radius 2 is 1.51 bits per heavy atom. The Labute approximate surface area is 202 Å². The summed E-state index contributed by atoms with van der Waals surface area (Å²) in [7, 11) is 1.14. The minimum absolute atomic E-state index is 0.0153. The lowest BCUT2D eigenvalue weighted by Gasteiger charge is -2.23. The van der Waals surface area contributed by atoms with Crippen molar-refractivity contribution in [2.24, 2.45) is 5.92 Å². The topological polar surface area (TPSA) is 93.7 Å². The van der Waals surface area contributed by atoms with Crippen LogP contribution in [-0.4, -0.2) is 37.2 Å². The molecule has 0 spiro atoms. The highest BCUT2D eigenvalue weighted by atomic mass is 19.4. The molecule has 0 aliphatic carbocycles. The number of halogens is 3. The van der Waals surface area contributed by atoms with Gasteiger partial charge in [0.1, 0.15) is 18.7 Å². The van der Waals surface area contributed by atoms with Gasteiger partial charge in [-0.1, -0.05) is 56.3 Å². The number of benzene rings is 2. The minimum atomic E-state index is -4.49. The van der Waals surface area contributed by atoms with Crippen molar-refractivity contribution in [2.45, 2.75) is 51.6 Å². The van der Waals surface area contributed by atoms with Gasteiger partial charge in [0.15, 0.2) is 0 Å². The number of carbonyl (C=O) groups is 3. The van der Waals surface area contributed by atoms with Gasteiger partial charge in [0, 0.05) is 6.42 Å². The molecule has 0 saturated carbocycles. The van der Waals surface area contributed by atoms with Crippen molar-refractivity contribution < 1.29 is 37.0 Å². The molecular formula is C25H29F3N2O5. The van der Waals surface area contributed by atoms with E-state index >= 15 is 0 Å². The van der Waals surface area contributed by atoms with E-state index in [2.05, 4.69) is 10.6 Å². The highest BCUT2D eigenvalue weighted by Gasteiger charge is 2.31. The number of alkyl carbamates (subject to hydrolysis) is 1. The van der Waals surface area contributed by atoms with Crippen molar-refractivity contribution in [2.75, 3.05) is 7.11 Å². The minimum Gasteiger partial charge on any atom is -0.467 e. The first-order valence-electron chi connectivity index (χ1n) is 11.0. The molecule has 0 aliphatic heterocycles. The molecule has 0 unspecified atom stereocenters. The lowest BCUT2D eigenvalue weighted by molar-refractivity contribution is -0.145. The Bertz CT molecular complexity index is 979. The van der Waals surface area contributed by atoms with Gasteiger partial charge in [0.05, 0.1) is 12.7 Å². The zero-order chi connectivity index (χ0) is 26.0. The predicted octanol–water partition coefficient (Wildman–Crippen LogP) is 4.25. The van der Waals surface area contributed by atoms with Crippen LogP contribution in [0.4, 0.5) is 18.0 Å². The summed E-state index contributed by atoms with van der Waals surface area (Å²) in [5.74, 6) is -1.39. The number of hydrogen-bond acceptors (Lipinski definition) is 5. The average molecular weight is 495 g/mol. The van der Waals surface area contributed by atoms with Crippen molar-refractivity contribution in [3.8, 4) is 0 Å². The van der Waals surface area contributed by atoms with Crippen LogP contribution in [0.5, 0.6) is 0 Å². The van der Waals surface area contributed by atoms with E-state index in [1.165, 1.54) is 12.1 Å². The molecule has 0 aliphatic rings. The van der Waals surface area contributed by atoms with Crippen molar-refractivity contribution in [3.63, 3.8) is 0 Å². The third-order valence-corrected chi connectivity index (χ3v) is 5.05.